The molecule has 118 valence electrons. The molecule has 0 fully saturated rings. The Morgan fingerprint density at radius 2 is 2.10 bits per heavy atom. The molecule has 0 atom stereocenters. The number of rotatable bonds is 8. The first kappa shape index (κ1) is 17.7. The van der Waals surface area contributed by atoms with E-state index < -0.39 is 9.84 Å². The molecule has 1 amide bonds. The summed E-state index contributed by atoms with van der Waals surface area (Å²) in [6.45, 7) is 0.566. The van der Waals surface area contributed by atoms with E-state index in [1.165, 1.54) is 0 Å². The number of hydrogen-bond acceptors (Lipinski definition) is 5. The summed E-state index contributed by atoms with van der Waals surface area (Å²) in [5.74, 6) is 0.114. The Hall–Kier alpha value is -1.31. The smallest absolute Gasteiger partial charge is 0.225 e. The second-order valence-electron chi connectivity index (χ2n) is 4.52. The summed E-state index contributed by atoms with van der Waals surface area (Å²) < 4.78 is 27.6. The summed E-state index contributed by atoms with van der Waals surface area (Å²) in [7, 11) is -1.34. The van der Waals surface area contributed by atoms with Crippen molar-refractivity contribution in [3.63, 3.8) is 0 Å². The summed E-state index contributed by atoms with van der Waals surface area (Å²) >= 11 is 5.90. The van der Waals surface area contributed by atoms with Crippen LogP contribution in [0.4, 0.5) is 5.69 Å². The Morgan fingerprint density at radius 1 is 1.38 bits per heavy atom. The summed E-state index contributed by atoms with van der Waals surface area (Å²) in [6.07, 6.45) is 1.45. The zero-order valence-corrected chi connectivity index (χ0v) is 13.6. The van der Waals surface area contributed by atoms with Gasteiger partial charge in [-0.1, -0.05) is 11.6 Å². The summed E-state index contributed by atoms with van der Waals surface area (Å²) in [6, 6.07) is 4.77. The summed E-state index contributed by atoms with van der Waals surface area (Å²) in [5, 5.41) is 6.03. The normalized spacial score (nSPS) is 11.2. The van der Waals surface area contributed by atoms with Gasteiger partial charge in [0.15, 0.2) is 9.84 Å². The van der Waals surface area contributed by atoms with E-state index in [1.807, 2.05) is 0 Å². The lowest BCUT2D eigenvalue weighted by Gasteiger charge is -2.12. The highest BCUT2D eigenvalue weighted by Crippen LogP contribution is 2.28. The molecule has 0 heterocycles. The first-order chi connectivity index (χ1) is 9.81. The van der Waals surface area contributed by atoms with Crippen molar-refractivity contribution in [2.45, 2.75) is 6.42 Å². The molecule has 1 aromatic carbocycles. The number of carbonyl (C=O) groups excluding carboxylic acids is 1. The zero-order chi connectivity index (χ0) is 15.9. The lowest BCUT2D eigenvalue weighted by molar-refractivity contribution is -0.116. The minimum Gasteiger partial charge on any atom is -0.490 e. The van der Waals surface area contributed by atoms with Crippen LogP contribution in [0.2, 0.25) is 5.02 Å². The SMILES string of the molecule is CNCCC(=O)Nc1cc(Cl)ccc1OCCS(C)(=O)=O. The van der Waals surface area contributed by atoms with Crippen LogP contribution in [0.5, 0.6) is 5.75 Å². The number of nitrogens with one attached hydrogen (secondary N) is 2. The lowest BCUT2D eigenvalue weighted by Crippen LogP contribution is -2.19. The largest absolute Gasteiger partial charge is 0.490 e. The third kappa shape index (κ3) is 7.31. The van der Waals surface area contributed by atoms with Gasteiger partial charge in [0.2, 0.25) is 5.91 Å². The van der Waals surface area contributed by atoms with E-state index in [0.29, 0.717) is 29.4 Å². The number of benzene rings is 1. The second kappa shape index (κ2) is 8.21. The van der Waals surface area contributed by atoms with E-state index in [4.69, 9.17) is 16.3 Å². The molecular formula is C13H19ClN2O4S. The molecule has 0 radical (unpaired) electrons. The predicted octanol–water partition coefficient (Wildman–Crippen LogP) is 1.31. The van der Waals surface area contributed by atoms with Gasteiger partial charge in [0.05, 0.1) is 11.4 Å². The number of halogens is 1. The molecule has 8 heteroatoms. The van der Waals surface area contributed by atoms with Crippen molar-refractivity contribution in [3.8, 4) is 5.75 Å². The quantitative estimate of drug-likeness (QED) is 0.749. The van der Waals surface area contributed by atoms with Gasteiger partial charge in [-0.25, -0.2) is 8.42 Å². The van der Waals surface area contributed by atoms with Crippen molar-refractivity contribution in [2.24, 2.45) is 0 Å². The Kier molecular flexibility index (Phi) is 6.94. The fourth-order valence-electron chi connectivity index (χ4n) is 1.48. The van der Waals surface area contributed by atoms with Crippen molar-refractivity contribution < 1.29 is 17.9 Å². The lowest BCUT2D eigenvalue weighted by atomic mass is 10.2. The van der Waals surface area contributed by atoms with Gasteiger partial charge in [0.1, 0.15) is 12.4 Å². The fraction of sp³-hybridized carbons (Fsp3) is 0.462. The minimum atomic E-state index is -3.10. The maximum atomic E-state index is 11.7. The molecule has 6 nitrogen and oxygen atoms in total. The summed E-state index contributed by atoms with van der Waals surface area (Å²) in [5.41, 5.74) is 0.428. The minimum absolute atomic E-state index is 0.0137. The van der Waals surface area contributed by atoms with Crippen LogP contribution in [0.1, 0.15) is 6.42 Å². The van der Waals surface area contributed by atoms with Gasteiger partial charge in [0, 0.05) is 24.2 Å². The number of anilines is 1. The number of amides is 1. The van der Waals surface area contributed by atoms with Gasteiger partial charge in [-0.2, -0.15) is 0 Å². The van der Waals surface area contributed by atoms with E-state index >= 15 is 0 Å². The van der Waals surface area contributed by atoms with Crippen molar-refractivity contribution in [2.75, 3.05) is 37.5 Å². The van der Waals surface area contributed by atoms with Gasteiger partial charge >= 0.3 is 0 Å². The molecule has 0 unspecified atom stereocenters. The number of carbonyl (C=O) groups is 1. The van der Waals surface area contributed by atoms with Crippen LogP contribution in [0.15, 0.2) is 18.2 Å². The van der Waals surface area contributed by atoms with E-state index in [-0.39, 0.29) is 18.3 Å². The highest BCUT2D eigenvalue weighted by molar-refractivity contribution is 7.90. The van der Waals surface area contributed by atoms with Gasteiger partial charge in [-0.05, 0) is 25.2 Å². The van der Waals surface area contributed by atoms with Crippen LogP contribution < -0.4 is 15.4 Å². The van der Waals surface area contributed by atoms with Crippen molar-refractivity contribution >= 4 is 33.0 Å². The van der Waals surface area contributed by atoms with E-state index in [0.717, 1.165) is 6.26 Å². The molecule has 0 aliphatic carbocycles. The first-order valence-electron chi connectivity index (χ1n) is 6.36. The Labute approximate surface area is 129 Å². The van der Waals surface area contributed by atoms with Crippen LogP contribution in [0.3, 0.4) is 0 Å². The second-order valence-corrected chi connectivity index (χ2v) is 7.22. The molecule has 1 rings (SSSR count). The standard InChI is InChI=1S/C13H19ClN2O4S/c1-15-6-5-13(17)16-11-9-10(14)3-4-12(11)20-7-8-21(2,18)19/h3-4,9,15H,5-8H2,1-2H3,(H,16,17). The first-order valence-corrected chi connectivity index (χ1v) is 8.80. The Morgan fingerprint density at radius 3 is 2.71 bits per heavy atom. The molecule has 0 bridgehead atoms. The number of ether oxygens (including phenoxy) is 1. The van der Waals surface area contributed by atoms with Crippen LogP contribution in [-0.4, -0.2) is 46.5 Å². The molecule has 21 heavy (non-hydrogen) atoms. The van der Waals surface area contributed by atoms with Crippen molar-refractivity contribution in [3.05, 3.63) is 23.2 Å². The highest BCUT2D eigenvalue weighted by Gasteiger charge is 2.10. The molecule has 0 saturated carbocycles. The monoisotopic (exact) mass is 334 g/mol. The van der Waals surface area contributed by atoms with Crippen molar-refractivity contribution in [1.82, 2.24) is 5.32 Å². The molecule has 0 aliphatic heterocycles. The predicted molar refractivity (Wildman–Crippen MR) is 83.8 cm³/mol. The van der Waals surface area contributed by atoms with Gasteiger partial charge in [-0.15, -0.1) is 0 Å². The van der Waals surface area contributed by atoms with Crippen molar-refractivity contribution in [1.29, 1.82) is 0 Å². The Balaban J connectivity index is 2.72. The zero-order valence-electron chi connectivity index (χ0n) is 12.0. The number of sulfone groups is 1. The van der Waals surface area contributed by atoms with Crippen LogP contribution in [0, 0.1) is 0 Å². The third-order valence-corrected chi connectivity index (χ3v) is 3.67. The topological polar surface area (TPSA) is 84.5 Å². The van der Waals surface area contributed by atoms with E-state index in [9.17, 15) is 13.2 Å². The summed E-state index contributed by atoms with van der Waals surface area (Å²) in [4.78, 5) is 11.7. The average Bonchev–Trinajstić information content (AvgIpc) is 2.37. The maximum absolute atomic E-state index is 11.7. The molecule has 0 saturated heterocycles. The average molecular weight is 335 g/mol. The van der Waals surface area contributed by atoms with Crippen LogP contribution in [-0.2, 0) is 14.6 Å². The molecule has 2 N–H and O–H groups in total. The molecule has 0 spiro atoms. The van der Waals surface area contributed by atoms with E-state index in [1.54, 1.807) is 25.2 Å². The maximum Gasteiger partial charge on any atom is 0.225 e. The molecule has 0 aliphatic rings. The number of hydrogen-bond donors (Lipinski definition) is 2. The highest BCUT2D eigenvalue weighted by atomic mass is 35.5. The van der Waals surface area contributed by atoms with Crippen LogP contribution in [0.25, 0.3) is 0 Å². The van der Waals surface area contributed by atoms with Crippen LogP contribution >= 0.6 is 11.6 Å². The molecule has 1 aromatic rings. The van der Waals surface area contributed by atoms with Gasteiger partial charge < -0.3 is 15.4 Å². The molecule has 0 aromatic heterocycles. The molecular weight excluding hydrogens is 316 g/mol. The third-order valence-electron chi connectivity index (χ3n) is 2.53. The Bertz CT molecular complexity index is 590. The fourth-order valence-corrected chi connectivity index (χ4v) is 2.04. The van der Waals surface area contributed by atoms with Gasteiger partial charge in [0.25, 0.3) is 0 Å². The van der Waals surface area contributed by atoms with Gasteiger partial charge in [-0.3, -0.25) is 4.79 Å². The van der Waals surface area contributed by atoms with E-state index in [2.05, 4.69) is 10.6 Å².